The fourth-order valence-corrected chi connectivity index (χ4v) is 4.86. The van der Waals surface area contributed by atoms with Gasteiger partial charge >= 0.3 is 0 Å². The Morgan fingerprint density at radius 2 is 2.07 bits per heavy atom. The molecule has 1 unspecified atom stereocenters. The Morgan fingerprint density at radius 1 is 1.20 bits per heavy atom. The molecule has 1 fully saturated rings. The van der Waals surface area contributed by atoms with E-state index < -0.39 is 0 Å². The Hall–Kier alpha value is -2.54. The molecule has 0 bridgehead atoms. The molecule has 0 spiro atoms. The summed E-state index contributed by atoms with van der Waals surface area (Å²) in [5.74, 6) is 1.31. The number of amides is 1. The summed E-state index contributed by atoms with van der Waals surface area (Å²) >= 11 is 1.69. The molecule has 0 saturated carbocycles. The maximum absolute atomic E-state index is 12.8. The van der Waals surface area contributed by atoms with Crippen LogP contribution in [0.15, 0.2) is 29.6 Å². The van der Waals surface area contributed by atoms with E-state index in [1.807, 2.05) is 35.6 Å². The van der Waals surface area contributed by atoms with Gasteiger partial charge in [0.1, 0.15) is 5.82 Å². The summed E-state index contributed by atoms with van der Waals surface area (Å²) in [5, 5.41) is 6.55. The zero-order chi connectivity index (χ0) is 21.1. The van der Waals surface area contributed by atoms with Crippen molar-refractivity contribution in [1.29, 1.82) is 0 Å². The van der Waals surface area contributed by atoms with Gasteiger partial charge in [0.25, 0.3) is 0 Å². The summed E-state index contributed by atoms with van der Waals surface area (Å²) in [5.41, 5.74) is 4.14. The molecule has 1 atom stereocenters. The first-order valence-electron chi connectivity index (χ1n) is 10.7. The van der Waals surface area contributed by atoms with Crippen LogP contribution >= 0.6 is 11.3 Å². The van der Waals surface area contributed by atoms with Crippen molar-refractivity contribution in [1.82, 2.24) is 24.6 Å². The standard InChI is InChI=1S/C23H29N5OS/c1-16-14-20(21-8-6-12-30-21)25-23(24-16)19-7-4-10-27(15-19)22(29)9-5-11-28-18(3)13-17(2)26-28/h6,8,12-14,19H,4-5,7,9-11,15H2,1-3H3. The van der Waals surface area contributed by atoms with Gasteiger partial charge in [-0.3, -0.25) is 9.48 Å². The monoisotopic (exact) mass is 423 g/mol. The van der Waals surface area contributed by atoms with Gasteiger partial charge in [-0.15, -0.1) is 11.3 Å². The zero-order valence-corrected chi connectivity index (χ0v) is 18.8. The zero-order valence-electron chi connectivity index (χ0n) is 18.0. The van der Waals surface area contributed by atoms with E-state index in [0.29, 0.717) is 13.0 Å². The third kappa shape index (κ3) is 4.78. The molecule has 0 radical (unpaired) electrons. The van der Waals surface area contributed by atoms with E-state index in [4.69, 9.17) is 9.97 Å². The van der Waals surface area contributed by atoms with Crippen LogP contribution in [-0.4, -0.2) is 43.6 Å². The van der Waals surface area contributed by atoms with Crippen LogP contribution in [0, 0.1) is 20.8 Å². The molecule has 6 nitrogen and oxygen atoms in total. The van der Waals surface area contributed by atoms with E-state index in [9.17, 15) is 4.79 Å². The summed E-state index contributed by atoms with van der Waals surface area (Å²) in [6.45, 7) is 8.41. The number of hydrogen-bond acceptors (Lipinski definition) is 5. The molecule has 4 rings (SSSR count). The first-order chi connectivity index (χ1) is 14.5. The van der Waals surface area contributed by atoms with E-state index >= 15 is 0 Å². The lowest BCUT2D eigenvalue weighted by Crippen LogP contribution is -2.39. The number of carbonyl (C=O) groups is 1. The Balaban J connectivity index is 1.38. The van der Waals surface area contributed by atoms with E-state index in [1.54, 1.807) is 11.3 Å². The number of hydrogen-bond donors (Lipinski definition) is 0. The number of piperidine rings is 1. The second-order valence-corrected chi connectivity index (χ2v) is 9.11. The highest BCUT2D eigenvalue weighted by atomic mass is 32.1. The number of thiophene rings is 1. The summed E-state index contributed by atoms with van der Waals surface area (Å²) in [6.07, 6.45) is 3.40. The number of aromatic nitrogens is 4. The van der Waals surface area contributed by atoms with E-state index in [0.717, 1.165) is 65.8 Å². The van der Waals surface area contributed by atoms with Crippen molar-refractivity contribution in [2.75, 3.05) is 13.1 Å². The topological polar surface area (TPSA) is 63.9 Å². The molecule has 1 aliphatic heterocycles. The van der Waals surface area contributed by atoms with Gasteiger partial charge in [-0.25, -0.2) is 9.97 Å². The number of nitrogens with zero attached hydrogens (tertiary/aromatic N) is 5. The molecule has 1 aliphatic rings. The Kier molecular flexibility index (Phi) is 6.27. The predicted octanol–water partition coefficient (Wildman–Crippen LogP) is 4.51. The van der Waals surface area contributed by atoms with Gasteiger partial charge in [0.05, 0.1) is 16.3 Å². The third-order valence-electron chi connectivity index (χ3n) is 5.65. The highest BCUT2D eigenvalue weighted by Crippen LogP contribution is 2.29. The van der Waals surface area contributed by atoms with Crippen LogP contribution in [0.4, 0.5) is 0 Å². The fourth-order valence-electron chi connectivity index (χ4n) is 4.18. The second kappa shape index (κ2) is 9.08. The van der Waals surface area contributed by atoms with E-state index in [1.165, 1.54) is 0 Å². The molecule has 0 aliphatic carbocycles. The van der Waals surface area contributed by atoms with Gasteiger partial charge in [-0.2, -0.15) is 5.10 Å². The lowest BCUT2D eigenvalue weighted by atomic mass is 9.96. The normalized spacial score (nSPS) is 16.8. The number of likely N-dealkylation sites (tertiary alicyclic amines) is 1. The average molecular weight is 424 g/mol. The smallest absolute Gasteiger partial charge is 0.222 e. The van der Waals surface area contributed by atoms with Crippen LogP contribution < -0.4 is 0 Å². The molecule has 0 N–H and O–H groups in total. The molecule has 158 valence electrons. The van der Waals surface area contributed by atoms with Gasteiger partial charge in [0, 0.05) is 43.4 Å². The lowest BCUT2D eigenvalue weighted by molar-refractivity contribution is -0.132. The summed E-state index contributed by atoms with van der Waals surface area (Å²) in [6, 6.07) is 8.25. The van der Waals surface area contributed by atoms with E-state index in [2.05, 4.69) is 29.5 Å². The maximum atomic E-state index is 12.8. The predicted molar refractivity (Wildman–Crippen MR) is 120 cm³/mol. The SMILES string of the molecule is Cc1cc(-c2cccs2)nc(C2CCCN(C(=O)CCCn3nc(C)cc3C)C2)n1. The molecule has 0 aromatic carbocycles. The first-order valence-corrected chi connectivity index (χ1v) is 11.6. The van der Waals surface area contributed by atoms with Crippen LogP contribution in [0.25, 0.3) is 10.6 Å². The third-order valence-corrected chi connectivity index (χ3v) is 6.54. The highest BCUT2D eigenvalue weighted by Gasteiger charge is 2.27. The molecule has 1 amide bonds. The minimum atomic E-state index is 0.206. The molecule has 3 aromatic heterocycles. The largest absolute Gasteiger partial charge is 0.342 e. The van der Waals surface area contributed by atoms with Crippen LogP contribution in [0.2, 0.25) is 0 Å². The first kappa shape index (κ1) is 20.7. The Bertz CT molecular complexity index is 1010. The van der Waals surface area contributed by atoms with E-state index in [-0.39, 0.29) is 11.8 Å². The molecule has 30 heavy (non-hydrogen) atoms. The highest BCUT2D eigenvalue weighted by molar-refractivity contribution is 7.13. The van der Waals surface area contributed by atoms with Gasteiger partial charge < -0.3 is 4.90 Å². The van der Waals surface area contributed by atoms with Gasteiger partial charge in [-0.05, 0) is 63.6 Å². The Morgan fingerprint density at radius 3 is 2.80 bits per heavy atom. The summed E-state index contributed by atoms with van der Waals surface area (Å²) < 4.78 is 1.99. The summed E-state index contributed by atoms with van der Waals surface area (Å²) in [7, 11) is 0. The van der Waals surface area contributed by atoms with Crippen molar-refractivity contribution in [3.05, 3.63) is 52.6 Å². The molecular formula is C23H29N5OS. The average Bonchev–Trinajstić information content (AvgIpc) is 3.37. The lowest BCUT2D eigenvalue weighted by Gasteiger charge is -2.32. The Labute approximate surface area is 182 Å². The fraction of sp³-hybridized carbons (Fsp3) is 0.478. The van der Waals surface area contributed by atoms with Gasteiger partial charge in [-0.1, -0.05) is 6.07 Å². The molecule has 4 heterocycles. The number of aryl methyl sites for hydroxylation is 4. The molecule has 3 aromatic rings. The van der Waals surface area contributed by atoms with Crippen LogP contribution in [0.1, 0.15) is 54.5 Å². The number of carbonyl (C=O) groups excluding carboxylic acids is 1. The molecule has 1 saturated heterocycles. The van der Waals surface area contributed by atoms with Crippen molar-refractivity contribution in [2.24, 2.45) is 0 Å². The van der Waals surface area contributed by atoms with Crippen molar-refractivity contribution in [3.63, 3.8) is 0 Å². The quantitative estimate of drug-likeness (QED) is 0.585. The van der Waals surface area contributed by atoms with Crippen LogP contribution in [-0.2, 0) is 11.3 Å². The second-order valence-electron chi connectivity index (χ2n) is 8.16. The van der Waals surface area contributed by atoms with Gasteiger partial charge in [0.2, 0.25) is 5.91 Å². The van der Waals surface area contributed by atoms with Crippen molar-refractivity contribution >= 4 is 17.2 Å². The minimum Gasteiger partial charge on any atom is -0.342 e. The van der Waals surface area contributed by atoms with Gasteiger partial charge in [0.15, 0.2) is 0 Å². The van der Waals surface area contributed by atoms with Crippen LogP contribution in [0.5, 0.6) is 0 Å². The van der Waals surface area contributed by atoms with Crippen molar-refractivity contribution in [3.8, 4) is 10.6 Å². The van der Waals surface area contributed by atoms with Crippen molar-refractivity contribution < 1.29 is 4.79 Å². The number of rotatable bonds is 6. The molecule has 7 heteroatoms. The maximum Gasteiger partial charge on any atom is 0.222 e. The molecular weight excluding hydrogens is 394 g/mol. The van der Waals surface area contributed by atoms with Crippen LogP contribution in [0.3, 0.4) is 0 Å². The summed E-state index contributed by atoms with van der Waals surface area (Å²) in [4.78, 5) is 25.6. The minimum absolute atomic E-state index is 0.206. The van der Waals surface area contributed by atoms with Crippen molar-refractivity contribution in [2.45, 2.75) is 58.9 Å².